The van der Waals surface area contributed by atoms with Crippen molar-refractivity contribution in [2.45, 2.75) is 0 Å². The Labute approximate surface area is 352 Å². The van der Waals surface area contributed by atoms with E-state index in [2.05, 4.69) is 223 Å². The van der Waals surface area contributed by atoms with E-state index in [1.807, 2.05) is 0 Å². The van der Waals surface area contributed by atoms with Crippen molar-refractivity contribution in [1.82, 2.24) is 19.5 Å². The van der Waals surface area contributed by atoms with Gasteiger partial charge in [-0.15, -0.1) is 0 Å². The highest BCUT2D eigenvalue weighted by atomic mass is 15.0. The van der Waals surface area contributed by atoms with Crippen LogP contribution in [0.3, 0.4) is 0 Å². The Balaban J connectivity index is 1.06. The maximum absolute atomic E-state index is 5.25. The summed E-state index contributed by atoms with van der Waals surface area (Å²) in [6.07, 6.45) is 0. The molecule has 4 nitrogen and oxygen atoms in total. The molecule has 61 heavy (non-hydrogen) atoms. The molecule has 0 aliphatic rings. The summed E-state index contributed by atoms with van der Waals surface area (Å²) in [4.78, 5) is 15.7. The van der Waals surface area contributed by atoms with Gasteiger partial charge in [0, 0.05) is 33.0 Å². The average Bonchev–Trinajstić information content (AvgIpc) is 3.67. The maximum Gasteiger partial charge on any atom is 0.164 e. The van der Waals surface area contributed by atoms with E-state index < -0.39 is 0 Å². The third-order valence-corrected chi connectivity index (χ3v) is 12.0. The molecule has 0 aliphatic heterocycles. The predicted molar refractivity (Wildman–Crippen MR) is 254 cm³/mol. The second-order valence-corrected chi connectivity index (χ2v) is 15.6. The largest absolute Gasteiger partial charge is 0.309 e. The lowest BCUT2D eigenvalue weighted by molar-refractivity contribution is 1.08. The molecule has 0 N–H and O–H groups in total. The van der Waals surface area contributed by atoms with E-state index in [0.29, 0.717) is 17.5 Å². The molecule has 0 saturated carbocycles. The number of rotatable bonds is 6. The summed E-state index contributed by atoms with van der Waals surface area (Å²) >= 11 is 0. The Bertz CT molecular complexity index is 3590. The Morgan fingerprint density at radius 3 is 1.46 bits per heavy atom. The molecule has 0 unspecified atom stereocenters. The number of aromatic nitrogens is 4. The summed E-state index contributed by atoms with van der Waals surface area (Å²) in [5.74, 6) is 1.90. The molecule has 0 amide bonds. The number of nitrogens with zero attached hydrogens (tertiary/aromatic N) is 4. The fourth-order valence-corrected chi connectivity index (χ4v) is 9.01. The molecule has 2 heterocycles. The number of benzene rings is 10. The third kappa shape index (κ3) is 6.04. The first-order chi connectivity index (χ1) is 30.2. The van der Waals surface area contributed by atoms with Crippen LogP contribution in [0.5, 0.6) is 0 Å². The van der Waals surface area contributed by atoms with E-state index in [9.17, 15) is 0 Å². The molecular weight excluding hydrogens is 741 g/mol. The van der Waals surface area contributed by atoms with E-state index in [1.54, 1.807) is 0 Å². The fourth-order valence-electron chi connectivity index (χ4n) is 9.01. The lowest BCUT2D eigenvalue weighted by atomic mass is 9.97. The molecule has 0 fully saturated rings. The van der Waals surface area contributed by atoms with Gasteiger partial charge < -0.3 is 4.57 Å². The van der Waals surface area contributed by atoms with Gasteiger partial charge in [0.15, 0.2) is 17.5 Å². The van der Waals surface area contributed by atoms with Crippen molar-refractivity contribution >= 4 is 54.1 Å². The lowest BCUT2D eigenvalue weighted by Crippen LogP contribution is -2.01. The minimum Gasteiger partial charge on any atom is -0.309 e. The van der Waals surface area contributed by atoms with Crippen molar-refractivity contribution in [2.75, 3.05) is 0 Å². The summed E-state index contributed by atoms with van der Waals surface area (Å²) in [5, 5.41) is 9.25. The average molecular weight is 777 g/mol. The number of hydrogen-bond acceptors (Lipinski definition) is 3. The summed E-state index contributed by atoms with van der Waals surface area (Å²) in [7, 11) is 0. The Morgan fingerprint density at radius 1 is 0.262 bits per heavy atom. The van der Waals surface area contributed by atoms with Gasteiger partial charge in [0.25, 0.3) is 0 Å². The summed E-state index contributed by atoms with van der Waals surface area (Å²) in [6.45, 7) is 0. The van der Waals surface area contributed by atoms with Gasteiger partial charge in [-0.2, -0.15) is 0 Å². The highest BCUT2D eigenvalue weighted by Crippen LogP contribution is 2.39. The standard InChI is InChI=1S/C57H36N4/c1-3-14-37(15-4-1)41-28-26-38-27-30-43(33-45(38)32-41)55-58-56(60-57(59-55)50-23-13-19-39-18-7-8-20-47(39)50)44-31-29-42-36-54(51(35-46(42)34-44)40-16-5-2-6-17-40)61-52-24-11-9-21-48(52)49-22-10-12-25-53(49)61/h1-36H. The van der Waals surface area contributed by atoms with Gasteiger partial charge in [0.05, 0.1) is 16.7 Å². The second-order valence-electron chi connectivity index (χ2n) is 15.6. The minimum atomic E-state index is 0.626. The maximum atomic E-state index is 5.25. The van der Waals surface area contributed by atoms with Crippen LogP contribution in [0.1, 0.15) is 0 Å². The lowest BCUT2D eigenvalue weighted by Gasteiger charge is -2.16. The van der Waals surface area contributed by atoms with Gasteiger partial charge >= 0.3 is 0 Å². The molecule has 0 aliphatic carbocycles. The highest BCUT2D eigenvalue weighted by Gasteiger charge is 2.19. The predicted octanol–water partition coefficient (Wildman–Crippen LogP) is 14.8. The van der Waals surface area contributed by atoms with Gasteiger partial charge in [-0.25, -0.2) is 15.0 Å². The first-order valence-electron chi connectivity index (χ1n) is 20.7. The number of hydrogen-bond donors (Lipinski definition) is 0. The highest BCUT2D eigenvalue weighted by molar-refractivity contribution is 6.10. The summed E-state index contributed by atoms with van der Waals surface area (Å²) in [6, 6.07) is 77.7. The molecule has 0 saturated heterocycles. The monoisotopic (exact) mass is 776 g/mol. The van der Waals surface area contributed by atoms with Crippen LogP contribution in [-0.2, 0) is 0 Å². The summed E-state index contributed by atoms with van der Waals surface area (Å²) in [5.41, 5.74) is 11.0. The quantitative estimate of drug-likeness (QED) is 0.169. The molecule has 12 rings (SSSR count). The van der Waals surface area contributed by atoms with Crippen LogP contribution in [0.15, 0.2) is 218 Å². The van der Waals surface area contributed by atoms with Crippen molar-refractivity contribution in [3.63, 3.8) is 0 Å². The van der Waals surface area contributed by atoms with E-state index >= 15 is 0 Å². The van der Waals surface area contributed by atoms with Crippen LogP contribution in [0.25, 0.3) is 116 Å². The molecule has 0 radical (unpaired) electrons. The number of para-hydroxylation sites is 2. The zero-order valence-electron chi connectivity index (χ0n) is 33.1. The van der Waals surface area contributed by atoms with Crippen molar-refractivity contribution in [3.05, 3.63) is 218 Å². The molecule has 4 heteroatoms. The molecular formula is C57H36N4. The van der Waals surface area contributed by atoms with E-state index in [0.717, 1.165) is 65.8 Å². The molecule has 2 aromatic heterocycles. The fraction of sp³-hybridized carbons (Fsp3) is 0. The van der Waals surface area contributed by atoms with Crippen LogP contribution in [0.2, 0.25) is 0 Å². The SMILES string of the molecule is c1ccc(-c2ccc3ccc(-c4nc(-c5ccc6cc(-n7c8ccccc8c8ccccc87)c(-c7ccccc7)cc6c5)nc(-c5cccc6ccccc56)n4)cc3c2)cc1. The van der Waals surface area contributed by atoms with Crippen molar-refractivity contribution in [2.24, 2.45) is 0 Å². The molecule has 12 aromatic rings. The van der Waals surface area contributed by atoms with Gasteiger partial charge in [0.2, 0.25) is 0 Å². The zero-order valence-corrected chi connectivity index (χ0v) is 33.1. The van der Waals surface area contributed by atoms with Crippen LogP contribution >= 0.6 is 0 Å². The van der Waals surface area contributed by atoms with Gasteiger partial charge in [-0.05, 0) is 91.5 Å². The van der Waals surface area contributed by atoms with Gasteiger partial charge in [0.1, 0.15) is 0 Å². The smallest absolute Gasteiger partial charge is 0.164 e. The molecule has 0 spiro atoms. The van der Waals surface area contributed by atoms with E-state index in [-0.39, 0.29) is 0 Å². The Hall–Kier alpha value is -8.21. The molecule has 0 atom stereocenters. The van der Waals surface area contributed by atoms with Gasteiger partial charge in [-0.3, -0.25) is 0 Å². The normalized spacial score (nSPS) is 11.6. The van der Waals surface area contributed by atoms with Crippen LogP contribution < -0.4 is 0 Å². The van der Waals surface area contributed by atoms with E-state index in [4.69, 9.17) is 15.0 Å². The van der Waals surface area contributed by atoms with Crippen molar-refractivity contribution in [3.8, 4) is 62.1 Å². The van der Waals surface area contributed by atoms with Crippen molar-refractivity contribution in [1.29, 1.82) is 0 Å². The first-order valence-corrected chi connectivity index (χ1v) is 20.7. The summed E-state index contributed by atoms with van der Waals surface area (Å²) < 4.78 is 2.42. The third-order valence-electron chi connectivity index (χ3n) is 12.0. The molecule has 10 aromatic carbocycles. The van der Waals surface area contributed by atoms with Gasteiger partial charge in [-0.1, -0.05) is 176 Å². The van der Waals surface area contributed by atoms with E-state index in [1.165, 1.54) is 32.9 Å². The topological polar surface area (TPSA) is 43.6 Å². The molecule has 0 bridgehead atoms. The molecule has 284 valence electrons. The first kappa shape index (κ1) is 34.8. The Kier molecular flexibility index (Phi) is 8.13. The minimum absolute atomic E-state index is 0.626. The van der Waals surface area contributed by atoms with Crippen molar-refractivity contribution < 1.29 is 0 Å². The van der Waals surface area contributed by atoms with Crippen LogP contribution in [0, 0.1) is 0 Å². The van der Waals surface area contributed by atoms with Crippen LogP contribution in [-0.4, -0.2) is 19.5 Å². The van der Waals surface area contributed by atoms with Crippen LogP contribution in [0.4, 0.5) is 0 Å². The Morgan fingerprint density at radius 2 is 0.770 bits per heavy atom. The second kappa shape index (κ2) is 14.3. The number of fused-ring (bicyclic) bond motifs is 6. The zero-order chi connectivity index (χ0) is 40.3.